The van der Waals surface area contributed by atoms with Gasteiger partial charge in [0.2, 0.25) is 0 Å². The standard InChI is InChI=1S/C13H24N2O5S/c16-10-12-6-2-1-3-8-15(12)21(19,20)14-7-4-5-11(9-14)13(17)18/h11-12,16H,1-10H2,(H,17,18). The second-order valence-electron chi connectivity index (χ2n) is 5.84. The van der Waals surface area contributed by atoms with E-state index < -0.39 is 22.1 Å². The predicted octanol–water partition coefficient (Wildman–Crippen LogP) is 0.265. The first kappa shape index (κ1) is 16.7. The van der Waals surface area contributed by atoms with Gasteiger partial charge in [-0.3, -0.25) is 4.79 Å². The van der Waals surface area contributed by atoms with E-state index in [4.69, 9.17) is 5.11 Å². The zero-order valence-corrected chi connectivity index (χ0v) is 13.0. The number of hydrogen-bond acceptors (Lipinski definition) is 4. The minimum absolute atomic E-state index is 0.0340. The number of carboxylic acids is 1. The zero-order valence-electron chi connectivity index (χ0n) is 12.1. The molecule has 0 radical (unpaired) electrons. The van der Waals surface area contributed by atoms with Gasteiger partial charge in [-0.2, -0.15) is 17.0 Å². The molecular formula is C13H24N2O5S. The molecule has 7 nitrogen and oxygen atoms in total. The fourth-order valence-electron chi connectivity index (χ4n) is 3.14. The summed E-state index contributed by atoms with van der Waals surface area (Å²) in [6, 6.07) is -0.386. The second kappa shape index (κ2) is 7.04. The minimum Gasteiger partial charge on any atom is -0.481 e. The predicted molar refractivity (Wildman–Crippen MR) is 76.9 cm³/mol. The SMILES string of the molecule is O=C(O)C1CCCN(S(=O)(=O)N2CCCCCC2CO)C1. The summed E-state index contributed by atoms with van der Waals surface area (Å²) >= 11 is 0. The third kappa shape index (κ3) is 3.74. The summed E-state index contributed by atoms with van der Waals surface area (Å²) in [7, 11) is -3.69. The summed E-state index contributed by atoms with van der Waals surface area (Å²) < 4.78 is 28.2. The molecule has 0 aromatic rings. The molecule has 21 heavy (non-hydrogen) atoms. The van der Waals surface area contributed by atoms with Crippen molar-refractivity contribution >= 4 is 16.2 Å². The van der Waals surface area contributed by atoms with Crippen molar-refractivity contribution < 1.29 is 23.4 Å². The molecular weight excluding hydrogens is 296 g/mol. The van der Waals surface area contributed by atoms with Crippen LogP contribution in [-0.4, -0.2) is 65.5 Å². The quantitative estimate of drug-likeness (QED) is 0.774. The minimum atomic E-state index is -3.69. The van der Waals surface area contributed by atoms with E-state index in [-0.39, 0.29) is 19.2 Å². The number of carboxylic acid groups (broad SMARTS) is 1. The monoisotopic (exact) mass is 320 g/mol. The highest BCUT2D eigenvalue weighted by molar-refractivity contribution is 7.86. The van der Waals surface area contributed by atoms with Gasteiger partial charge in [-0.1, -0.05) is 12.8 Å². The number of aliphatic hydroxyl groups is 1. The molecule has 2 aliphatic rings. The largest absolute Gasteiger partial charge is 0.481 e. The molecule has 2 rings (SSSR count). The van der Waals surface area contributed by atoms with Crippen LogP contribution in [-0.2, 0) is 15.0 Å². The van der Waals surface area contributed by atoms with E-state index in [1.54, 1.807) is 0 Å². The summed E-state index contributed by atoms with van der Waals surface area (Å²) in [5.41, 5.74) is 0. The Morgan fingerprint density at radius 1 is 1.10 bits per heavy atom. The number of aliphatic hydroxyl groups excluding tert-OH is 1. The van der Waals surface area contributed by atoms with Gasteiger partial charge in [-0.05, 0) is 25.7 Å². The average molecular weight is 320 g/mol. The Kier molecular flexibility index (Phi) is 5.59. The number of hydrogen-bond donors (Lipinski definition) is 2. The van der Waals surface area contributed by atoms with Crippen molar-refractivity contribution in [2.45, 2.75) is 44.6 Å². The highest BCUT2D eigenvalue weighted by atomic mass is 32.2. The van der Waals surface area contributed by atoms with Crippen molar-refractivity contribution in [3.8, 4) is 0 Å². The fraction of sp³-hybridized carbons (Fsp3) is 0.923. The molecule has 8 heteroatoms. The molecule has 0 spiro atoms. The van der Waals surface area contributed by atoms with Crippen molar-refractivity contribution in [3.63, 3.8) is 0 Å². The molecule has 0 saturated carbocycles. The van der Waals surface area contributed by atoms with E-state index >= 15 is 0 Å². The smallest absolute Gasteiger partial charge is 0.307 e. The molecule has 0 bridgehead atoms. The highest BCUT2D eigenvalue weighted by Gasteiger charge is 2.38. The molecule has 0 aromatic carbocycles. The van der Waals surface area contributed by atoms with Crippen molar-refractivity contribution in [1.29, 1.82) is 0 Å². The molecule has 2 fully saturated rings. The Morgan fingerprint density at radius 2 is 1.86 bits per heavy atom. The fourth-order valence-corrected chi connectivity index (χ4v) is 5.07. The Morgan fingerprint density at radius 3 is 2.52 bits per heavy atom. The van der Waals surface area contributed by atoms with E-state index in [2.05, 4.69) is 0 Å². The van der Waals surface area contributed by atoms with Crippen LogP contribution < -0.4 is 0 Å². The van der Waals surface area contributed by atoms with Crippen LogP contribution in [0.5, 0.6) is 0 Å². The summed E-state index contributed by atoms with van der Waals surface area (Å²) in [4.78, 5) is 11.1. The van der Waals surface area contributed by atoms with Gasteiger partial charge in [0.15, 0.2) is 0 Å². The van der Waals surface area contributed by atoms with Crippen molar-refractivity contribution in [3.05, 3.63) is 0 Å². The molecule has 2 saturated heterocycles. The topological polar surface area (TPSA) is 98.2 Å². The number of nitrogens with zero attached hydrogens (tertiary/aromatic N) is 2. The maximum Gasteiger partial charge on any atom is 0.307 e. The molecule has 2 atom stereocenters. The molecule has 2 unspecified atom stereocenters. The Labute approximate surface area is 125 Å². The van der Waals surface area contributed by atoms with Gasteiger partial charge >= 0.3 is 5.97 Å². The lowest BCUT2D eigenvalue weighted by molar-refractivity contribution is -0.142. The molecule has 2 aliphatic heterocycles. The summed E-state index contributed by atoms with van der Waals surface area (Å²) in [6.07, 6.45) is 4.39. The molecule has 122 valence electrons. The van der Waals surface area contributed by atoms with Gasteiger partial charge in [0, 0.05) is 25.7 Å². The lowest BCUT2D eigenvalue weighted by atomic mass is 10.0. The first-order valence-corrected chi connectivity index (χ1v) is 8.97. The first-order chi connectivity index (χ1) is 9.96. The Bertz CT molecular complexity index is 467. The van der Waals surface area contributed by atoms with Gasteiger partial charge < -0.3 is 10.2 Å². The highest BCUT2D eigenvalue weighted by Crippen LogP contribution is 2.26. The molecule has 2 heterocycles. The molecule has 2 N–H and O–H groups in total. The molecule has 0 amide bonds. The van der Waals surface area contributed by atoms with Crippen LogP contribution in [0.3, 0.4) is 0 Å². The number of carbonyl (C=O) groups is 1. The first-order valence-electron chi connectivity index (χ1n) is 7.57. The van der Waals surface area contributed by atoms with Crippen LogP contribution in [0.4, 0.5) is 0 Å². The summed E-state index contributed by atoms with van der Waals surface area (Å²) in [5, 5.41) is 18.6. The van der Waals surface area contributed by atoms with Crippen molar-refractivity contribution in [2.75, 3.05) is 26.2 Å². The van der Waals surface area contributed by atoms with Crippen LogP contribution >= 0.6 is 0 Å². The lowest BCUT2D eigenvalue weighted by Crippen LogP contribution is -2.52. The third-order valence-corrected chi connectivity index (χ3v) is 6.45. The maximum absolute atomic E-state index is 12.8. The van der Waals surface area contributed by atoms with Gasteiger partial charge in [0.05, 0.1) is 12.5 Å². The van der Waals surface area contributed by atoms with Gasteiger partial charge in [-0.25, -0.2) is 0 Å². The summed E-state index contributed by atoms with van der Waals surface area (Å²) in [5.74, 6) is -1.57. The third-order valence-electron chi connectivity index (χ3n) is 4.39. The normalized spacial score (nSPS) is 30.0. The number of aliphatic carboxylic acids is 1. The zero-order chi connectivity index (χ0) is 15.5. The second-order valence-corrected chi connectivity index (χ2v) is 7.72. The van der Waals surface area contributed by atoms with Crippen LogP contribution in [0, 0.1) is 5.92 Å². The van der Waals surface area contributed by atoms with Gasteiger partial charge in [0.25, 0.3) is 10.2 Å². The van der Waals surface area contributed by atoms with E-state index in [0.717, 1.165) is 19.3 Å². The van der Waals surface area contributed by atoms with Crippen LogP contribution in [0.15, 0.2) is 0 Å². The number of rotatable bonds is 4. The van der Waals surface area contributed by atoms with E-state index in [0.29, 0.717) is 32.4 Å². The van der Waals surface area contributed by atoms with Gasteiger partial charge in [0.1, 0.15) is 0 Å². The van der Waals surface area contributed by atoms with Crippen LogP contribution in [0.25, 0.3) is 0 Å². The van der Waals surface area contributed by atoms with Crippen molar-refractivity contribution in [1.82, 2.24) is 8.61 Å². The van der Waals surface area contributed by atoms with Crippen molar-refractivity contribution in [2.24, 2.45) is 5.92 Å². The van der Waals surface area contributed by atoms with Gasteiger partial charge in [-0.15, -0.1) is 0 Å². The Balaban J connectivity index is 2.16. The number of piperidine rings is 1. The van der Waals surface area contributed by atoms with Crippen LogP contribution in [0.2, 0.25) is 0 Å². The lowest BCUT2D eigenvalue weighted by Gasteiger charge is -2.36. The molecule has 0 aliphatic carbocycles. The summed E-state index contributed by atoms with van der Waals surface area (Å²) in [6.45, 7) is 0.615. The van der Waals surface area contributed by atoms with Crippen LogP contribution in [0.1, 0.15) is 38.5 Å². The molecule has 0 aromatic heterocycles. The average Bonchev–Trinajstić information content (AvgIpc) is 2.73. The Hall–Kier alpha value is -0.700. The van der Waals surface area contributed by atoms with E-state index in [1.807, 2.05) is 0 Å². The van der Waals surface area contributed by atoms with E-state index in [1.165, 1.54) is 8.61 Å². The van der Waals surface area contributed by atoms with E-state index in [9.17, 15) is 18.3 Å². The maximum atomic E-state index is 12.8.